The van der Waals surface area contributed by atoms with Gasteiger partial charge < -0.3 is 9.52 Å². The van der Waals surface area contributed by atoms with Crippen molar-refractivity contribution in [3.63, 3.8) is 0 Å². The van der Waals surface area contributed by atoms with E-state index in [-0.39, 0.29) is 5.56 Å². The Morgan fingerprint density at radius 1 is 1.37 bits per heavy atom. The maximum Gasteiger partial charge on any atom is 0.335 e. The van der Waals surface area contributed by atoms with E-state index in [4.69, 9.17) is 9.52 Å². The highest BCUT2D eigenvalue weighted by Gasteiger charge is 2.08. The SMILES string of the molecule is O=C(O)c1ccc2nc(/C=C/c3cncs3)oc2c1. The fraction of sp³-hybridized carbons (Fsp3) is 0. The molecule has 6 heteroatoms. The Labute approximate surface area is 111 Å². The third-order valence-electron chi connectivity index (χ3n) is 2.49. The average molecular weight is 272 g/mol. The van der Waals surface area contributed by atoms with Crippen LogP contribution < -0.4 is 0 Å². The number of thiazole rings is 1. The molecule has 0 aliphatic heterocycles. The van der Waals surface area contributed by atoms with Gasteiger partial charge in [-0.2, -0.15) is 0 Å². The molecule has 1 aromatic carbocycles. The van der Waals surface area contributed by atoms with Gasteiger partial charge >= 0.3 is 5.97 Å². The molecule has 0 atom stereocenters. The summed E-state index contributed by atoms with van der Waals surface area (Å²) in [4.78, 5) is 20.1. The van der Waals surface area contributed by atoms with E-state index >= 15 is 0 Å². The Morgan fingerprint density at radius 2 is 2.26 bits per heavy atom. The summed E-state index contributed by atoms with van der Waals surface area (Å²) < 4.78 is 5.48. The maximum absolute atomic E-state index is 10.9. The van der Waals surface area contributed by atoms with E-state index in [2.05, 4.69) is 9.97 Å². The summed E-state index contributed by atoms with van der Waals surface area (Å²) in [7, 11) is 0. The zero-order valence-electron chi connectivity index (χ0n) is 9.61. The van der Waals surface area contributed by atoms with Crippen LogP contribution in [0.25, 0.3) is 23.3 Å². The number of aromatic nitrogens is 2. The van der Waals surface area contributed by atoms with Crippen molar-refractivity contribution in [2.24, 2.45) is 0 Å². The highest BCUT2D eigenvalue weighted by molar-refractivity contribution is 7.10. The second-order valence-corrected chi connectivity index (χ2v) is 4.69. The largest absolute Gasteiger partial charge is 0.478 e. The number of carboxylic acid groups (broad SMARTS) is 1. The number of nitrogens with zero attached hydrogens (tertiary/aromatic N) is 2. The Morgan fingerprint density at radius 3 is 3.00 bits per heavy atom. The van der Waals surface area contributed by atoms with Gasteiger partial charge in [0.25, 0.3) is 0 Å². The topological polar surface area (TPSA) is 76.2 Å². The van der Waals surface area contributed by atoms with Gasteiger partial charge in [0.1, 0.15) is 5.52 Å². The van der Waals surface area contributed by atoms with Gasteiger partial charge in [0.2, 0.25) is 5.89 Å². The summed E-state index contributed by atoms with van der Waals surface area (Å²) in [5.41, 5.74) is 3.02. The molecule has 0 fully saturated rings. The minimum Gasteiger partial charge on any atom is -0.478 e. The fourth-order valence-electron chi connectivity index (χ4n) is 1.61. The molecule has 19 heavy (non-hydrogen) atoms. The molecular formula is C13H8N2O3S. The summed E-state index contributed by atoms with van der Waals surface area (Å²) in [6.45, 7) is 0. The normalized spacial score (nSPS) is 11.4. The molecule has 1 N–H and O–H groups in total. The number of rotatable bonds is 3. The highest BCUT2D eigenvalue weighted by Crippen LogP contribution is 2.19. The van der Waals surface area contributed by atoms with Crippen LogP contribution >= 0.6 is 11.3 Å². The molecule has 0 unspecified atom stereocenters. The third kappa shape index (κ3) is 2.38. The van der Waals surface area contributed by atoms with Gasteiger partial charge in [0.15, 0.2) is 5.58 Å². The summed E-state index contributed by atoms with van der Waals surface area (Å²) in [5, 5.41) is 8.90. The predicted octanol–water partition coefficient (Wildman–Crippen LogP) is 3.15. The van der Waals surface area contributed by atoms with Crippen molar-refractivity contribution in [2.45, 2.75) is 0 Å². The first-order chi connectivity index (χ1) is 9.22. The predicted molar refractivity (Wildman–Crippen MR) is 72.0 cm³/mol. The van der Waals surface area contributed by atoms with E-state index in [0.717, 1.165) is 4.88 Å². The number of carbonyl (C=O) groups is 1. The number of benzene rings is 1. The Kier molecular flexibility index (Phi) is 2.85. The van der Waals surface area contributed by atoms with E-state index < -0.39 is 5.97 Å². The van der Waals surface area contributed by atoms with E-state index in [1.807, 2.05) is 6.08 Å². The number of hydrogen-bond donors (Lipinski definition) is 1. The number of aromatic carboxylic acids is 1. The first-order valence-electron chi connectivity index (χ1n) is 5.43. The molecule has 0 radical (unpaired) electrons. The van der Waals surface area contributed by atoms with Crippen molar-refractivity contribution in [1.82, 2.24) is 9.97 Å². The van der Waals surface area contributed by atoms with Crippen LogP contribution in [0.4, 0.5) is 0 Å². The van der Waals surface area contributed by atoms with Gasteiger partial charge in [-0.25, -0.2) is 9.78 Å². The van der Waals surface area contributed by atoms with Gasteiger partial charge in [-0.05, 0) is 24.3 Å². The molecule has 0 spiro atoms. The van der Waals surface area contributed by atoms with Crippen LogP contribution in [0.2, 0.25) is 0 Å². The number of fused-ring (bicyclic) bond motifs is 1. The molecule has 3 rings (SSSR count). The fourth-order valence-corrected chi connectivity index (χ4v) is 2.12. The number of oxazole rings is 1. The van der Waals surface area contributed by atoms with E-state index in [0.29, 0.717) is 17.0 Å². The molecule has 0 amide bonds. The van der Waals surface area contributed by atoms with Crippen LogP contribution in [0.1, 0.15) is 21.1 Å². The van der Waals surface area contributed by atoms with Crippen molar-refractivity contribution >= 4 is 40.6 Å². The van der Waals surface area contributed by atoms with Crippen molar-refractivity contribution in [3.8, 4) is 0 Å². The van der Waals surface area contributed by atoms with Gasteiger partial charge in [-0.1, -0.05) is 0 Å². The van der Waals surface area contributed by atoms with Crippen LogP contribution in [-0.2, 0) is 0 Å². The standard InChI is InChI=1S/C13H8N2O3S/c16-13(17)8-1-3-10-11(5-8)18-12(15-10)4-2-9-6-14-7-19-9/h1-7H,(H,16,17)/b4-2+. The van der Waals surface area contributed by atoms with Crippen LogP contribution in [0, 0.1) is 0 Å². The molecule has 3 aromatic rings. The van der Waals surface area contributed by atoms with Crippen LogP contribution in [0.5, 0.6) is 0 Å². The number of hydrogen-bond acceptors (Lipinski definition) is 5. The van der Waals surface area contributed by atoms with Gasteiger partial charge in [0, 0.05) is 17.2 Å². The molecule has 0 saturated heterocycles. The first-order valence-corrected chi connectivity index (χ1v) is 6.31. The van der Waals surface area contributed by atoms with Crippen molar-refractivity contribution in [3.05, 3.63) is 46.2 Å². The average Bonchev–Trinajstić information content (AvgIpc) is 3.04. The van der Waals surface area contributed by atoms with Crippen molar-refractivity contribution in [2.75, 3.05) is 0 Å². The quantitative estimate of drug-likeness (QED) is 0.792. The summed E-state index contributed by atoms with van der Waals surface area (Å²) >= 11 is 1.51. The minimum absolute atomic E-state index is 0.182. The highest BCUT2D eigenvalue weighted by atomic mass is 32.1. The monoisotopic (exact) mass is 272 g/mol. The molecule has 0 aliphatic carbocycles. The van der Waals surface area contributed by atoms with E-state index in [1.54, 1.807) is 23.8 Å². The summed E-state index contributed by atoms with van der Waals surface area (Å²) in [6.07, 6.45) is 5.32. The Hall–Kier alpha value is -2.47. The van der Waals surface area contributed by atoms with Crippen LogP contribution in [0.3, 0.4) is 0 Å². The minimum atomic E-state index is -0.986. The zero-order chi connectivity index (χ0) is 13.2. The van der Waals surface area contributed by atoms with Crippen molar-refractivity contribution < 1.29 is 14.3 Å². The third-order valence-corrected chi connectivity index (χ3v) is 3.23. The van der Waals surface area contributed by atoms with Gasteiger partial charge in [-0.15, -0.1) is 11.3 Å². The van der Waals surface area contributed by atoms with Gasteiger partial charge in [0.05, 0.1) is 11.1 Å². The lowest BCUT2D eigenvalue weighted by molar-refractivity contribution is 0.0697. The number of carboxylic acids is 1. The first kappa shape index (κ1) is 11.6. The molecule has 2 aromatic heterocycles. The zero-order valence-corrected chi connectivity index (χ0v) is 10.4. The van der Waals surface area contributed by atoms with E-state index in [1.165, 1.54) is 23.5 Å². The van der Waals surface area contributed by atoms with Crippen LogP contribution in [0.15, 0.2) is 34.3 Å². The Bertz CT molecular complexity index is 759. The summed E-state index contributed by atoms with van der Waals surface area (Å²) in [6, 6.07) is 4.60. The molecule has 2 heterocycles. The van der Waals surface area contributed by atoms with E-state index in [9.17, 15) is 4.79 Å². The molecule has 0 saturated carbocycles. The van der Waals surface area contributed by atoms with Crippen molar-refractivity contribution in [1.29, 1.82) is 0 Å². The lowest BCUT2D eigenvalue weighted by Gasteiger charge is -1.91. The second-order valence-electron chi connectivity index (χ2n) is 3.78. The molecule has 0 bridgehead atoms. The molecule has 94 valence electrons. The molecule has 5 nitrogen and oxygen atoms in total. The summed E-state index contributed by atoms with van der Waals surface area (Å²) in [5.74, 6) is -0.550. The lowest BCUT2D eigenvalue weighted by Crippen LogP contribution is -1.94. The van der Waals surface area contributed by atoms with Crippen LogP contribution in [-0.4, -0.2) is 21.0 Å². The molecule has 0 aliphatic rings. The maximum atomic E-state index is 10.9. The second kappa shape index (κ2) is 4.66. The smallest absolute Gasteiger partial charge is 0.335 e. The molecular weight excluding hydrogens is 264 g/mol. The lowest BCUT2D eigenvalue weighted by atomic mass is 10.2. The van der Waals surface area contributed by atoms with Gasteiger partial charge in [-0.3, -0.25) is 4.98 Å². The Balaban J connectivity index is 1.95.